The fourth-order valence-corrected chi connectivity index (χ4v) is 18.5. The summed E-state index contributed by atoms with van der Waals surface area (Å²) in [6.45, 7) is 15.1. The maximum absolute atomic E-state index is 15.0. The van der Waals surface area contributed by atoms with Gasteiger partial charge in [0.05, 0.1) is 75.9 Å². The van der Waals surface area contributed by atoms with Gasteiger partial charge in [0.1, 0.15) is 131 Å². The Kier molecular flexibility index (Phi) is 26.0. The Balaban J connectivity index is 0.000000125. The normalized spacial score (nSPS) is 27.3. The molecule has 46 heteroatoms. The average Bonchev–Trinajstić information content (AvgIpc) is 1.55. The van der Waals surface area contributed by atoms with E-state index in [-0.39, 0.29) is 81.9 Å². The highest BCUT2D eigenvalue weighted by Crippen LogP contribution is 2.54. The SMILES string of the molecule is CC1(C)O[C@@H]2[C@H](O1)[C@@H](C(=O)c1ccc(Cl)c(Cl)c1)O[C@H]2n1cc(F)c2c(Cl)ncnc21.CC1(C)O[C@@H]2[C@H](O1)[C@@H]([C@](C)(O)c1ccc(Cl)c(Cl)c1)O[C@H]2n1cc(F)c2c(Cl)ncnc21.CONc1ncnc2c1c(F)cn2[C@@H]1O[C@H]([C@](C)(O)c2ccc(Cl)c(Cl)c2)[C@@H](O)[C@H]1O.CONc1ncnc2c1c(F)cn2[C@@H]1O[C@H]([C@](C)(O)c2ccc(Cl)c(Cl)c2)[C@H]2OC(C)(C)O[C@H]21. The van der Waals surface area contributed by atoms with Gasteiger partial charge in [-0.05, 0) is 134 Å². The van der Waals surface area contributed by atoms with Crippen molar-refractivity contribution in [3.63, 3.8) is 0 Å². The first-order valence-corrected chi connectivity index (χ1v) is 42.6. The molecule has 0 radical (unpaired) electrons. The molecule has 680 valence electrons. The fraction of sp³-hybridized carbons (Fsp3) is 0.402. The van der Waals surface area contributed by atoms with Crippen LogP contribution >= 0.6 is 116 Å². The largest absolute Gasteiger partial charge is 0.387 e. The van der Waals surface area contributed by atoms with Gasteiger partial charge < -0.3 is 91.2 Å². The first kappa shape index (κ1) is 93.8. The number of nitrogens with zero attached hydrogens (tertiary/aromatic N) is 12. The molecule has 7 fully saturated rings. The minimum Gasteiger partial charge on any atom is -0.387 e. The number of Topliss-reactive ketones (excluding diaryl/α,β-unsaturated/α-hetero) is 1. The predicted octanol–water partition coefficient (Wildman–Crippen LogP) is 16.2. The highest BCUT2D eigenvalue weighted by Gasteiger charge is 2.64. The van der Waals surface area contributed by atoms with Gasteiger partial charge in [0.25, 0.3) is 0 Å². The molecule has 7 saturated heterocycles. The molecule has 32 nitrogen and oxygen atoms in total. The van der Waals surface area contributed by atoms with E-state index in [0.29, 0.717) is 52.4 Å². The van der Waals surface area contributed by atoms with Crippen molar-refractivity contribution in [2.24, 2.45) is 0 Å². The summed E-state index contributed by atoms with van der Waals surface area (Å²) in [4.78, 5) is 55.2. The van der Waals surface area contributed by atoms with Crippen LogP contribution in [0.1, 0.15) is 114 Å². The molecule has 12 aromatic rings. The zero-order chi connectivity index (χ0) is 92.0. The smallest absolute Gasteiger partial charge is 0.194 e. The molecule has 7 N–H and O–H groups in total. The summed E-state index contributed by atoms with van der Waals surface area (Å²) in [6.07, 6.45) is -5.33. The molecule has 4 aromatic carbocycles. The fourth-order valence-electron chi connectivity index (χ4n) is 16.8. The zero-order valence-electron chi connectivity index (χ0n) is 68.5. The van der Waals surface area contributed by atoms with E-state index in [0.717, 1.165) is 6.20 Å². The standard InChI is InChI=1S/C22H23Cl2FN4O5.C21H19Cl3FN3O4.C20H15Cl3FN3O4.C19H19Cl2FN4O5/c1-21(2)33-15-16(34-21)20(29-8-13(25)14-18(28-31-4)26-9-27-19(14)29)32-17(15)22(3,30)10-5-6-11(23)12(24)7-10;1-20(2)31-14-15(32-20)19(28-7-12(25)13-17(24)26-8-27-18(13)28)30-16(14)21(3,29)9-4-5-10(22)11(23)6-9;1-20(2)30-15-14(13(28)8-3-4-9(21)10(22)5-8)29-19(16(15)31-20)27-6-11(24)12-17(23)25-7-26-18(12)27;1-19(29,8-3-4-9(20)10(21)5-8)15-13(27)14(28)18(31-15)26-6-11(22)12-16(25-30-2)23-7-24-17(12)26/h5-9,15-17,20,30H,1-4H3,(H,26,27,28);4-8,14-16,19,29H,1-3H3;3-7,14-16,19H,1-2H3;3-7,13-15,18,27-29H,1-2H3,(H,23,24,25)/t15-,16+,17-,20+,22+;14-,15+,16-,19+,21+;14-,15-,16-,19-;13-,14+,15-,18+,19+/m0010/s1. The van der Waals surface area contributed by atoms with Crippen molar-refractivity contribution in [3.8, 4) is 0 Å². The number of hydrogen-bond acceptors (Lipinski definition) is 28. The first-order valence-electron chi connectivity index (χ1n) is 38.9. The summed E-state index contributed by atoms with van der Waals surface area (Å²) in [5.41, 5.74) is 2.58. The Morgan fingerprint density at radius 1 is 0.391 bits per heavy atom. The number of hydrogen-bond donors (Lipinski definition) is 7. The maximum Gasteiger partial charge on any atom is 0.194 e. The van der Waals surface area contributed by atoms with Gasteiger partial charge in [-0.15, -0.1) is 0 Å². The van der Waals surface area contributed by atoms with Crippen LogP contribution in [0.3, 0.4) is 0 Å². The van der Waals surface area contributed by atoms with Crippen molar-refractivity contribution in [1.29, 1.82) is 0 Å². The topological polar surface area (TPSA) is 376 Å². The number of ketones is 1. The molecule has 0 unspecified atom stereocenters. The molecule has 0 spiro atoms. The quantitative estimate of drug-likeness (QED) is 0.0204. The van der Waals surface area contributed by atoms with Crippen molar-refractivity contribution in [1.82, 2.24) is 58.1 Å². The second-order valence-corrected chi connectivity index (χ2v) is 36.5. The number of halogens is 14. The minimum absolute atomic E-state index is 0.00864. The number of ether oxygens (including phenoxy) is 10. The van der Waals surface area contributed by atoms with Crippen LogP contribution in [0, 0.1) is 23.3 Å². The third kappa shape index (κ3) is 17.2. The van der Waals surface area contributed by atoms with Gasteiger partial charge in [0.15, 0.2) is 100 Å². The van der Waals surface area contributed by atoms with E-state index in [4.69, 9.17) is 173 Å². The van der Waals surface area contributed by atoms with E-state index >= 15 is 4.39 Å². The molecule has 128 heavy (non-hydrogen) atoms. The van der Waals surface area contributed by atoms with E-state index in [1.807, 2.05) is 0 Å². The number of aliphatic hydroxyl groups excluding tert-OH is 2. The molecular formula is C82H76Cl10F4N14O18. The number of fused-ring (bicyclic) bond motifs is 7. The summed E-state index contributed by atoms with van der Waals surface area (Å²) in [6, 6.07) is 18.7. The molecular weight excluding hydrogens is 1900 g/mol. The van der Waals surface area contributed by atoms with E-state index < -0.39 is 156 Å². The molecule has 7 aliphatic rings. The van der Waals surface area contributed by atoms with Crippen molar-refractivity contribution in [2.45, 2.75) is 195 Å². The summed E-state index contributed by atoms with van der Waals surface area (Å²) >= 11 is 60.6. The highest BCUT2D eigenvalue weighted by atomic mass is 35.5. The number of nitrogens with one attached hydrogen (secondary N) is 2. The van der Waals surface area contributed by atoms with Crippen molar-refractivity contribution in [3.05, 3.63) is 219 Å². The van der Waals surface area contributed by atoms with Gasteiger partial charge in [-0.2, -0.15) is 0 Å². The number of aliphatic hydroxyl groups is 5. The van der Waals surface area contributed by atoms with Crippen molar-refractivity contribution >= 4 is 178 Å². The van der Waals surface area contributed by atoms with Crippen LogP contribution in [0.25, 0.3) is 44.1 Å². The van der Waals surface area contributed by atoms with Gasteiger partial charge in [0.2, 0.25) is 0 Å². The van der Waals surface area contributed by atoms with Crippen LogP contribution < -0.4 is 11.0 Å². The molecule has 19 atom stereocenters. The zero-order valence-corrected chi connectivity index (χ0v) is 76.0. The summed E-state index contributed by atoms with van der Waals surface area (Å²) in [5, 5.41) is 58.3. The molecule has 0 bridgehead atoms. The third-order valence-electron chi connectivity index (χ3n) is 22.6. The van der Waals surface area contributed by atoms with Gasteiger partial charge in [-0.3, -0.25) is 14.5 Å². The first-order chi connectivity index (χ1) is 60.3. The lowest BCUT2D eigenvalue weighted by molar-refractivity contribution is -0.221. The Labute approximate surface area is 774 Å². The number of carbonyl (C=O) groups is 1. The molecule has 19 rings (SSSR count). The molecule has 0 aliphatic carbocycles. The number of aromatic nitrogens is 12. The second-order valence-electron chi connectivity index (χ2n) is 32.5. The number of anilines is 2. The van der Waals surface area contributed by atoms with Crippen LogP contribution in [-0.4, -0.2) is 194 Å². The predicted molar refractivity (Wildman–Crippen MR) is 459 cm³/mol. The van der Waals surface area contributed by atoms with Crippen LogP contribution in [0.15, 0.2) is 123 Å². The number of rotatable bonds is 16. The summed E-state index contributed by atoms with van der Waals surface area (Å²) in [7, 11) is 2.74. The van der Waals surface area contributed by atoms with Crippen molar-refractivity contribution < 1.29 is 105 Å². The van der Waals surface area contributed by atoms with Crippen LogP contribution in [0.5, 0.6) is 0 Å². The molecule has 7 aliphatic heterocycles. The molecule has 15 heterocycles. The third-order valence-corrected chi connectivity index (χ3v) is 26.1. The average molecular weight is 1980 g/mol. The van der Waals surface area contributed by atoms with Crippen molar-refractivity contribution in [2.75, 3.05) is 25.2 Å². The van der Waals surface area contributed by atoms with Gasteiger partial charge in [-0.1, -0.05) is 134 Å². The molecule has 0 amide bonds. The van der Waals surface area contributed by atoms with E-state index in [1.165, 1.54) is 114 Å². The maximum atomic E-state index is 15.0. The highest BCUT2D eigenvalue weighted by molar-refractivity contribution is 6.43. The van der Waals surface area contributed by atoms with E-state index in [2.05, 4.69) is 50.8 Å². The molecule has 8 aromatic heterocycles. The number of benzene rings is 4. The Morgan fingerprint density at radius 2 is 0.695 bits per heavy atom. The number of carbonyl (C=O) groups excluding carboxylic acids is 1. The lowest BCUT2D eigenvalue weighted by atomic mass is 9.87. The van der Waals surface area contributed by atoms with Crippen LogP contribution in [0.4, 0.5) is 29.2 Å². The van der Waals surface area contributed by atoms with E-state index in [9.17, 15) is 43.5 Å². The van der Waals surface area contributed by atoms with Gasteiger partial charge in [0, 0.05) is 30.4 Å². The summed E-state index contributed by atoms with van der Waals surface area (Å²) < 4.78 is 126. The Hall–Kier alpha value is -7.43. The van der Waals surface area contributed by atoms with E-state index in [1.54, 1.807) is 97.9 Å². The summed E-state index contributed by atoms with van der Waals surface area (Å²) in [5.74, 6) is -5.46. The minimum atomic E-state index is -1.76. The van der Waals surface area contributed by atoms with Gasteiger partial charge >= 0.3 is 0 Å². The Bertz CT molecular complexity index is 6300. The lowest BCUT2D eigenvalue weighted by Crippen LogP contribution is -2.45. The van der Waals surface area contributed by atoms with Crippen LogP contribution in [0.2, 0.25) is 50.5 Å². The molecule has 0 saturated carbocycles. The second kappa shape index (κ2) is 35.5. The van der Waals surface area contributed by atoms with Gasteiger partial charge in [-0.25, -0.2) is 68.4 Å². The lowest BCUT2D eigenvalue weighted by Gasteiger charge is -2.34. The Morgan fingerprint density at radius 3 is 1.07 bits per heavy atom. The monoisotopic (exact) mass is 1970 g/mol. The van der Waals surface area contributed by atoms with Crippen LogP contribution in [-0.2, 0) is 73.8 Å².